The summed E-state index contributed by atoms with van der Waals surface area (Å²) in [6, 6.07) is 8.78. The first kappa shape index (κ1) is 25.4. The van der Waals surface area contributed by atoms with E-state index in [9.17, 15) is 0 Å². The lowest BCUT2D eigenvalue weighted by Gasteiger charge is -2.39. The Morgan fingerprint density at radius 3 is 2.73 bits per heavy atom. The maximum atomic E-state index is 5.74. The summed E-state index contributed by atoms with van der Waals surface area (Å²) >= 11 is 0. The van der Waals surface area contributed by atoms with E-state index in [2.05, 4.69) is 46.4 Å². The van der Waals surface area contributed by atoms with Gasteiger partial charge in [0.25, 0.3) is 0 Å². The Bertz CT molecular complexity index is 665. The molecule has 2 saturated heterocycles. The van der Waals surface area contributed by atoms with Crippen LogP contribution in [-0.2, 0) is 19.6 Å². The van der Waals surface area contributed by atoms with Crippen LogP contribution in [0.4, 0.5) is 0 Å². The highest BCUT2D eigenvalue weighted by atomic mass is 127. The molecule has 0 saturated carbocycles. The predicted octanol–water partition coefficient (Wildman–Crippen LogP) is 3.22. The molecule has 2 fully saturated rings. The molecule has 170 valence electrons. The molecular formula is C23H38IN3O3. The van der Waals surface area contributed by atoms with E-state index in [0.717, 1.165) is 64.7 Å². The summed E-state index contributed by atoms with van der Waals surface area (Å²) in [7, 11) is 3.59. The van der Waals surface area contributed by atoms with Crippen molar-refractivity contribution in [3.63, 3.8) is 0 Å². The number of methoxy groups -OCH3 is 1. The van der Waals surface area contributed by atoms with Crippen LogP contribution in [-0.4, -0.2) is 77.7 Å². The number of hydrogen-bond donors (Lipinski definition) is 1. The Labute approximate surface area is 198 Å². The van der Waals surface area contributed by atoms with Crippen molar-refractivity contribution in [1.29, 1.82) is 0 Å². The second kappa shape index (κ2) is 12.8. The smallest absolute Gasteiger partial charge is 0.193 e. The lowest BCUT2D eigenvalue weighted by molar-refractivity contribution is 0.0507. The Morgan fingerprint density at radius 1 is 1.27 bits per heavy atom. The number of ether oxygens (including phenoxy) is 3. The summed E-state index contributed by atoms with van der Waals surface area (Å²) in [5.41, 5.74) is 2.90. The van der Waals surface area contributed by atoms with Crippen LogP contribution in [0.3, 0.4) is 0 Å². The minimum atomic E-state index is 0. The fraction of sp³-hybridized carbons (Fsp3) is 0.696. The van der Waals surface area contributed by atoms with Crippen molar-refractivity contribution in [3.05, 3.63) is 35.4 Å². The van der Waals surface area contributed by atoms with Crippen LogP contribution in [0, 0.1) is 12.8 Å². The lowest BCUT2D eigenvalue weighted by atomic mass is 9.72. The third kappa shape index (κ3) is 6.55. The van der Waals surface area contributed by atoms with Crippen molar-refractivity contribution in [3.8, 4) is 0 Å². The monoisotopic (exact) mass is 531 g/mol. The molecule has 6 nitrogen and oxygen atoms in total. The van der Waals surface area contributed by atoms with Crippen molar-refractivity contribution in [1.82, 2.24) is 10.2 Å². The quantitative estimate of drug-likeness (QED) is 0.242. The highest BCUT2D eigenvalue weighted by Crippen LogP contribution is 2.36. The normalized spacial score (nSPS) is 21.4. The summed E-state index contributed by atoms with van der Waals surface area (Å²) in [5, 5.41) is 3.70. The molecule has 30 heavy (non-hydrogen) atoms. The minimum Gasteiger partial charge on any atom is -0.382 e. The summed E-state index contributed by atoms with van der Waals surface area (Å²) in [6.45, 7) is 8.88. The van der Waals surface area contributed by atoms with Gasteiger partial charge in [0.15, 0.2) is 5.96 Å². The summed E-state index contributed by atoms with van der Waals surface area (Å²) < 4.78 is 16.5. The van der Waals surface area contributed by atoms with Gasteiger partial charge in [-0.2, -0.15) is 0 Å². The van der Waals surface area contributed by atoms with Crippen LogP contribution in [0.2, 0.25) is 0 Å². The van der Waals surface area contributed by atoms with Crippen LogP contribution >= 0.6 is 24.0 Å². The first-order chi connectivity index (χ1) is 14.2. The number of rotatable bonds is 8. The number of likely N-dealkylation sites (tertiary alicyclic amines) is 1. The number of hydrogen-bond acceptors (Lipinski definition) is 4. The van der Waals surface area contributed by atoms with E-state index in [1.165, 1.54) is 11.1 Å². The second-order valence-electron chi connectivity index (χ2n) is 8.28. The van der Waals surface area contributed by atoms with E-state index >= 15 is 0 Å². The topological polar surface area (TPSA) is 55.3 Å². The summed E-state index contributed by atoms with van der Waals surface area (Å²) in [6.07, 6.45) is 3.22. The molecule has 7 heteroatoms. The Kier molecular flexibility index (Phi) is 10.8. The molecule has 2 heterocycles. The molecule has 2 aliphatic heterocycles. The molecule has 0 aromatic heterocycles. The van der Waals surface area contributed by atoms with Gasteiger partial charge in [0.1, 0.15) is 0 Å². The van der Waals surface area contributed by atoms with Crippen LogP contribution < -0.4 is 5.32 Å². The zero-order valence-corrected chi connectivity index (χ0v) is 21.0. The van der Waals surface area contributed by atoms with Crippen LogP contribution in [0.25, 0.3) is 0 Å². The van der Waals surface area contributed by atoms with Crippen LogP contribution in [0.5, 0.6) is 0 Å². The largest absolute Gasteiger partial charge is 0.382 e. The Morgan fingerprint density at radius 2 is 2.03 bits per heavy atom. The number of halogens is 1. The van der Waals surface area contributed by atoms with Gasteiger partial charge in [-0.25, -0.2) is 0 Å². The number of nitrogens with one attached hydrogen (secondary N) is 1. The Balaban J connectivity index is 0.00000320. The van der Waals surface area contributed by atoms with Crippen LogP contribution in [0.1, 0.15) is 30.4 Å². The molecular weight excluding hydrogens is 493 g/mol. The van der Waals surface area contributed by atoms with Gasteiger partial charge in [0.2, 0.25) is 0 Å². The lowest BCUT2D eigenvalue weighted by Crippen LogP contribution is -2.49. The SMILES string of the molecule is CN=C(NCC1(c2ccccc2C)CCOCC1)N1CCC(COCCOC)C1.I. The van der Waals surface area contributed by atoms with Crippen molar-refractivity contribution in [2.45, 2.75) is 31.6 Å². The van der Waals surface area contributed by atoms with Gasteiger partial charge in [-0.15, -0.1) is 24.0 Å². The molecule has 0 aliphatic carbocycles. The number of benzene rings is 1. The van der Waals surface area contributed by atoms with E-state index in [1.807, 2.05) is 7.05 Å². The van der Waals surface area contributed by atoms with Gasteiger partial charge in [-0.05, 0) is 37.3 Å². The molecule has 0 amide bonds. The van der Waals surface area contributed by atoms with E-state index < -0.39 is 0 Å². The number of guanidine groups is 1. The van der Waals surface area contributed by atoms with Crippen molar-refractivity contribution >= 4 is 29.9 Å². The fourth-order valence-corrected chi connectivity index (χ4v) is 4.61. The van der Waals surface area contributed by atoms with Gasteiger partial charge in [0.05, 0.1) is 19.8 Å². The Hall–Kier alpha value is -0.900. The van der Waals surface area contributed by atoms with E-state index in [4.69, 9.17) is 14.2 Å². The molecule has 0 bridgehead atoms. The van der Waals surface area contributed by atoms with Gasteiger partial charge < -0.3 is 24.4 Å². The third-order valence-electron chi connectivity index (χ3n) is 6.33. The third-order valence-corrected chi connectivity index (χ3v) is 6.33. The minimum absolute atomic E-state index is 0. The zero-order valence-electron chi connectivity index (χ0n) is 18.7. The number of aryl methyl sites for hydroxylation is 1. The van der Waals surface area contributed by atoms with Crippen molar-refractivity contribution in [2.24, 2.45) is 10.9 Å². The van der Waals surface area contributed by atoms with Gasteiger partial charge in [-0.1, -0.05) is 24.3 Å². The maximum absolute atomic E-state index is 5.74. The molecule has 1 aromatic rings. The van der Waals surface area contributed by atoms with Gasteiger partial charge >= 0.3 is 0 Å². The molecule has 0 spiro atoms. The average Bonchev–Trinajstić information content (AvgIpc) is 3.21. The summed E-state index contributed by atoms with van der Waals surface area (Å²) in [5.74, 6) is 1.56. The first-order valence-electron chi connectivity index (χ1n) is 10.8. The first-order valence-corrected chi connectivity index (χ1v) is 10.8. The standard InChI is InChI=1S/C23H37N3O3.HI/c1-19-6-4-5-7-21(19)23(9-12-28-13-10-23)18-25-22(24-2)26-11-8-20(16-26)17-29-15-14-27-3;/h4-7,20H,8-18H2,1-3H3,(H,24,25);1H. The van der Waals surface area contributed by atoms with E-state index in [1.54, 1.807) is 7.11 Å². The fourth-order valence-electron chi connectivity index (χ4n) is 4.61. The van der Waals surface area contributed by atoms with E-state index in [-0.39, 0.29) is 29.4 Å². The highest BCUT2D eigenvalue weighted by molar-refractivity contribution is 14.0. The predicted molar refractivity (Wildman–Crippen MR) is 132 cm³/mol. The summed E-state index contributed by atoms with van der Waals surface area (Å²) in [4.78, 5) is 6.96. The second-order valence-corrected chi connectivity index (χ2v) is 8.28. The van der Waals surface area contributed by atoms with E-state index in [0.29, 0.717) is 19.1 Å². The molecule has 2 aliphatic rings. The van der Waals surface area contributed by atoms with Crippen LogP contribution in [0.15, 0.2) is 29.3 Å². The van der Waals surface area contributed by atoms with Crippen molar-refractivity contribution in [2.75, 3.05) is 66.8 Å². The molecule has 3 rings (SSSR count). The molecule has 0 radical (unpaired) electrons. The zero-order chi connectivity index (χ0) is 20.5. The average molecular weight is 531 g/mol. The molecule has 1 atom stereocenters. The number of aliphatic imine (C=N–C) groups is 1. The molecule has 1 aromatic carbocycles. The van der Waals surface area contributed by atoms with Gasteiger partial charge in [0, 0.05) is 58.3 Å². The number of nitrogens with zero attached hydrogens (tertiary/aromatic N) is 2. The maximum Gasteiger partial charge on any atom is 0.193 e. The highest BCUT2D eigenvalue weighted by Gasteiger charge is 2.36. The van der Waals surface area contributed by atoms with Crippen molar-refractivity contribution < 1.29 is 14.2 Å². The molecule has 1 N–H and O–H groups in total. The molecule has 1 unspecified atom stereocenters. The van der Waals surface area contributed by atoms with Gasteiger partial charge in [-0.3, -0.25) is 4.99 Å².